The zero-order chi connectivity index (χ0) is 20.1. The van der Waals surface area contributed by atoms with E-state index in [0.29, 0.717) is 10.6 Å². The van der Waals surface area contributed by atoms with Crippen LogP contribution in [0.4, 0.5) is 5.00 Å². The average Bonchev–Trinajstić information content (AvgIpc) is 3.04. The minimum atomic E-state index is -1.13. The maximum absolute atomic E-state index is 12.4. The smallest absolute Gasteiger partial charge is 0.341 e. The number of anilines is 1. The molecular formula is C20H21NO6S. The molecule has 2 N–H and O–H groups in total. The number of aromatic carboxylic acids is 1. The highest BCUT2D eigenvalue weighted by Gasteiger charge is 2.27. The molecule has 8 heteroatoms. The van der Waals surface area contributed by atoms with Crippen molar-refractivity contribution in [2.45, 2.75) is 32.6 Å². The van der Waals surface area contributed by atoms with Crippen LogP contribution in [0, 0.1) is 0 Å². The number of fused-ring (bicyclic) bond motifs is 1. The van der Waals surface area contributed by atoms with E-state index < -0.39 is 17.8 Å². The molecule has 0 spiro atoms. The van der Waals surface area contributed by atoms with Gasteiger partial charge in [-0.05, 0) is 50.3 Å². The first-order chi connectivity index (χ1) is 13.5. The molecule has 0 fully saturated rings. The Morgan fingerprint density at radius 2 is 1.93 bits per heavy atom. The summed E-state index contributed by atoms with van der Waals surface area (Å²) in [5.74, 6) is -1.92. The molecule has 1 aliphatic rings. The minimum Gasteiger partial charge on any atom is -0.483 e. The summed E-state index contributed by atoms with van der Waals surface area (Å²) in [5.41, 5.74) is 1.37. The van der Waals surface area contributed by atoms with Crippen LogP contribution >= 0.6 is 11.3 Å². The molecule has 0 saturated heterocycles. The van der Waals surface area contributed by atoms with Gasteiger partial charge in [-0.25, -0.2) is 9.59 Å². The molecule has 0 unspecified atom stereocenters. The Balaban J connectivity index is 1.75. The van der Waals surface area contributed by atoms with Gasteiger partial charge in [-0.2, -0.15) is 0 Å². The maximum Gasteiger partial charge on any atom is 0.341 e. The molecule has 1 aromatic heterocycles. The molecule has 1 aliphatic carbocycles. The van der Waals surface area contributed by atoms with Gasteiger partial charge in [0.1, 0.15) is 16.3 Å². The van der Waals surface area contributed by atoms with Crippen LogP contribution in [-0.2, 0) is 22.4 Å². The highest BCUT2D eigenvalue weighted by molar-refractivity contribution is 7.17. The number of carbonyl (C=O) groups excluding carboxylic acids is 2. The molecule has 1 aromatic carbocycles. The number of aryl methyl sites for hydroxylation is 1. The number of carboxylic acids is 1. The lowest BCUT2D eigenvalue weighted by Gasteiger charge is -2.12. The Kier molecular flexibility index (Phi) is 6.30. The van der Waals surface area contributed by atoms with Crippen molar-refractivity contribution in [1.29, 1.82) is 0 Å². The summed E-state index contributed by atoms with van der Waals surface area (Å²) in [4.78, 5) is 37.1. The van der Waals surface area contributed by atoms with E-state index in [2.05, 4.69) is 5.32 Å². The molecule has 3 rings (SSSR count). The Bertz CT molecular complexity index is 904. The van der Waals surface area contributed by atoms with Crippen LogP contribution in [0.5, 0.6) is 5.75 Å². The van der Waals surface area contributed by atoms with Crippen LogP contribution in [0.3, 0.4) is 0 Å². The van der Waals surface area contributed by atoms with Gasteiger partial charge >= 0.3 is 11.9 Å². The zero-order valence-corrected chi connectivity index (χ0v) is 16.3. The quantitative estimate of drug-likeness (QED) is 0.686. The van der Waals surface area contributed by atoms with E-state index in [1.165, 1.54) is 23.5 Å². The number of para-hydroxylation sites is 1. The van der Waals surface area contributed by atoms with E-state index in [1.807, 2.05) is 0 Å². The first-order valence-electron chi connectivity index (χ1n) is 9.07. The van der Waals surface area contributed by atoms with Crippen molar-refractivity contribution in [1.82, 2.24) is 0 Å². The van der Waals surface area contributed by atoms with E-state index in [4.69, 9.17) is 9.47 Å². The van der Waals surface area contributed by atoms with Crippen LogP contribution in [0.1, 0.15) is 50.9 Å². The fourth-order valence-electron chi connectivity index (χ4n) is 3.15. The summed E-state index contributed by atoms with van der Waals surface area (Å²) in [6.07, 6.45) is 3.72. The van der Waals surface area contributed by atoms with E-state index in [0.717, 1.165) is 36.1 Å². The van der Waals surface area contributed by atoms with Crippen molar-refractivity contribution in [3.05, 3.63) is 45.8 Å². The van der Waals surface area contributed by atoms with E-state index >= 15 is 0 Å². The molecule has 0 radical (unpaired) electrons. The van der Waals surface area contributed by atoms with Crippen LogP contribution < -0.4 is 10.1 Å². The molecular weight excluding hydrogens is 382 g/mol. The number of carbonyl (C=O) groups is 3. The second kappa shape index (κ2) is 8.88. The van der Waals surface area contributed by atoms with Crippen molar-refractivity contribution < 1.29 is 29.0 Å². The summed E-state index contributed by atoms with van der Waals surface area (Å²) in [6, 6.07) is 6.11. The van der Waals surface area contributed by atoms with Crippen molar-refractivity contribution >= 4 is 34.2 Å². The number of hydrogen-bond donors (Lipinski definition) is 2. The average molecular weight is 403 g/mol. The van der Waals surface area contributed by atoms with Crippen molar-refractivity contribution in [3.63, 3.8) is 0 Å². The SMILES string of the molecule is CCOC(=O)c1c(NC(=O)COc2ccccc2C(=O)O)sc2c1CCCC2. The highest BCUT2D eigenvalue weighted by Crippen LogP contribution is 2.38. The lowest BCUT2D eigenvalue weighted by molar-refractivity contribution is -0.118. The number of rotatable bonds is 7. The molecule has 0 aliphatic heterocycles. The molecule has 0 atom stereocenters. The number of thiophene rings is 1. The Hall–Kier alpha value is -2.87. The number of amides is 1. The Labute approximate surface area is 166 Å². The van der Waals surface area contributed by atoms with Crippen LogP contribution in [0.2, 0.25) is 0 Å². The topological polar surface area (TPSA) is 102 Å². The van der Waals surface area contributed by atoms with Gasteiger partial charge in [0, 0.05) is 4.88 Å². The van der Waals surface area contributed by atoms with Gasteiger partial charge in [0.05, 0.1) is 12.2 Å². The third kappa shape index (κ3) is 4.33. The van der Waals surface area contributed by atoms with Gasteiger partial charge in [-0.3, -0.25) is 4.79 Å². The predicted molar refractivity (Wildman–Crippen MR) is 104 cm³/mol. The molecule has 1 amide bonds. The standard InChI is InChI=1S/C20H21NO6S/c1-2-26-20(25)17-13-8-4-6-10-15(13)28-18(17)21-16(22)11-27-14-9-5-3-7-12(14)19(23)24/h3,5,7,9H,2,4,6,8,10-11H2,1H3,(H,21,22)(H,23,24). The first-order valence-corrected chi connectivity index (χ1v) is 9.89. The lowest BCUT2D eigenvalue weighted by atomic mass is 9.95. The van der Waals surface area contributed by atoms with E-state index in [9.17, 15) is 19.5 Å². The fraction of sp³-hybridized carbons (Fsp3) is 0.350. The molecule has 28 heavy (non-hydrogen) atoms. The van der Waals surface area contributed by atoms with Gasteiger partial charge in [0.15, 0.2) is 6.61 Å². The summed E-state index contributed by atoms with van der Waals surface area (Å²) < 4.78 is 10.5. The van der Waals surface area contributed by atoms with Crippen LogP contribution in [0.25, 0.3) is 0 Å². The Morgan fingerprint density at radius 3 is 2.68 bits per heavy atom. The molecule has 0 bridgehead atoms. The number of esters is 1. The largest absolute Gasteiger partial charge is 0.483 e. The van der Waals surface area contributed by atoms with Crippen LogP contribution in [0.15, 0.2) is 24.3 Å². The molecule has 1 heterocycles. The third-order valence-electron chi connectivity index (χ3n) is 4.38. The van der Waals surface area contributed by atoms with Gasteiger partial charge < -0.3 is 19.9 Å². The summed E-state index contributed by atoms with van der Waals surface area (Å²) in [5, 5.41) is 12.4. The second-order valence-electron chi connectivity index (χ2n) is 6.27. The molecule has 0 saturated carbocycles. The molecule has 148 valence electrons. The van der Waals surface area contributed by atoms with Gasteiger partial charge in [-0.1, -0.05) is 12.1 Å². The van der Waals surface area contributed by atoms with Crippen LogP contribution in [-0.4, -0.2) is 36.2 Å². The minimum absolute atomic E-state index is 0.0194. The van der Waals surface area contributed by atoms with Gasteiger partial charge in [-0.15, -0.1) is 11.3 Å². The van der Waals surface area contributed by atoms with Crippen molar-refractivity contribution in [2.24, 2.45) is 0 Å². The van der Waals surface area contributed by atoms with E-state index in [1.54, 1.807) is 19.1 Å². The first kappa shape index (κ1) is 19.9. The number of ether oxygens (including phenoxy) is 2. The third-order valence-corrected chi connectivity index (χ3v) is 5.59. The second-order valence-corrected chi connectivity index (χ2v) is 7.38. The zero-order valence-electron chi connectivity index (χ0n) is 15.4. The van der Waals surface area contributed by atoms with Gasteiger partial charge in [0.25, 0.3) is 5.91 Å². The number of hydrogen-bond acceptors (Lipinski definition) is 6. The van der Waals surface area contributed by atoms with Crippen molar-refractivity contribution in [3.8, 4) is 5.75 Å². The number of nitrogens with one attached hydrogen (secondary N) is 1. The summed E-state index contributed by atoms with van der Waals surface area (Å²) in [7, 11) is 0. The summed E-state index contributed by atoms with van der Waals surface area (Å²) in [6.45, 7) is 1.63. The Morgan fingerprint density at radius 1 is 1.18 bits per heavy atom. The maximum atomic E-state index is 12.4. The molecule has 7 nitrogen and oxygen atoms in total. The normalized spacial score (nSPS) is 12.8. The monoisotopic (exact) mass is 403 g/mol. The lowest BCUT2D eigenvalue weighted by Crippen LogP contribution is -2.22. The predicted octanol–water partition coefficient (Wildman–Crippen LogP) is 3.52. The van der Waals surface area contributed by atoms with E-state index in [-0.39, 0.29) is 24.5 Å². The number of carboxylic acid groups (broad SMARTS) is 1. The van der Waals surface area contributed by atoms with Crippen molar-refractivity contribution in [2.75, 3.05) is 18.5 Å². The van der Waals surface area contributed by atoms with Gasteiger partial charge in [0.2, 0.25) is 0 Å². The molecule has 2 aromatic rings. The fourth-order valence-corrected chi connectivity index (χ4v) is 4.44. The number of benzene rings is 1. The highest BCUT2D eigenvalue weighted by atomic mass is 32.1. The summed E-state index contributed by atoms with van der Waals surface area (Å²) >= 11 is 1.39.